The lowest BCUT2D eigenvalue weighted by Crippen LogP contribution is -2.11. The van der Waals surface area contributed by atoms with E-state index < -0.39 is 5.97 Å². The highest BCUT2D eigenvalue weighted by Gasteiger charge is 2.16. The van der Waals surface area contributed by atoms with Crippen LogP contribution in [0.4, 0.5) is 5.82 Å². The van der Waals surface area contributed by atoms with Gasteiger partial charge in [0.25, 0.3) is 0 Å². The molecule has 0 bridgehead atoms. The highest BCUT2D eigenvalue weighted by atomic mass is 16.4. The highest BCUT2D eigenvalue weighted by Crippen LogP contribution is 2.32. The molecule has 1 aromatic carbocycles. The van der Waals surface area contributed by atoms with Gasteiger partial charge in [0.1, 0.15) is 17.9 Å². The van der Waals surface area contributed by atoms with Gasteiger partial charge in [-0.1, -0.05) is 49.6 Å². The molecule has 0 atom stereocenters. The van der Waals surface area contributed by atoms with E-state index in [0.29, 0.717) is 41.7 Å². The van der Waals surface area contributed by atoms with Crippen molar-refractivity contribution < 1.29 is 9.90 Å². The molecular weight excluding hydrogens is 390 g/mol. The summed E-state index contributed by atoms with van der Waals surface area (Å²) in [5.74, 6) is 1.05. The molecule has 1 fully saturated rings. The number of nitrogens with one attached hydrogen (secondary N) is 1. The average Bonchev–Trinajstić information content (AvgIpc) is 3.19. The Hall–Kier alpha value is -3.22. The molecule has 0 aliphatic heterocycles. The fourth-order valence-electron chi connectivity index (χ4n) is 4.30. The SMILES string of the molecule is C=CCNc1nc(CCc2ccc(C3CCCCC3)cc2)nc2c1ncn2CC(=O)O. The molecule has 0 unspecified atom stereocenters. The Kier molecular flexibility index (Phi) is 6.60. The predicted octanol–water partition coefficient (Wildman–Crippen LogP) is 4.34. The van der Waals surface area contributed by atoms with Gasteiger partial charge in [-0.2, -0.15) is 0 Å². The maximum Gasteiger partial charge on any atom is 0.323 e. The van der Waals surface area contributed by atoms with Crippen molar-refractivity contribution in [3.8, 4) is 0 Å². The van der Waals surface area contributed by atoms with Crippen molar-refractivity contribution in [2.75, 3.05) is 11.9 Å². The topological polar surface area (TPSA) is 92.9 Å². The fourth-order valence-corrected chi connectivity index (χ4v) is 4.30. The van der Waals surface area contributed by atoms with Crippen LogP contribution in [0.1, 0.15) is 55.0 Å². The first kappa shape index (κ1) is 21.0. The van der Waals surface area contributed by atoms with Crippen molar-refractivity contribution in [3.63, 3.8) is 0 Å². The summed E-state index contributed by atoms with van der Waals surface area (Å²) < 4.78 is 1.54. The molecule has 1 aliphatic rings. The van der Waals surface area contributed by atoms with E-state index in [4.69, 9.17) is 0 Å². The molecule has 1 saturated carbocycles. The summed E-state index contributed by atoms with van der Waals surface area (Å²) in [6.07, 6.45) is 11.4. The number of rotatable bonds is 9. The third-order valence-corrected chi connectivity index (χ3v) is 5.92. The van der Waals surface area contributed by atoms with Crippen LogP contribution in [-0.4, -0.2) is 37.1 Å². The number of hydrogen-bond acceptors (Lipinski definition) is 5. The van der Waals surface area contributed by atoms with Crippen molar-refractivity contribution in [1.82, 2.24) is 19.5 Å². The number of benzene rings is 1. The molecule has 7 nitrogen and oxygen atoms in total. The lowest BCUT2D eigenvalue weighted by atomic mass is 9.84. The third-order valence-electron chi connectivity index (χ3n) is 5.92. The maximum atomic E-state index is 11.2. The first-order valence-corrected chi connectivity index (χ1v) is 11.0. The Labute approximate surface area is 182 Å². The molecule has 0 radical (unpaired) electrons. The molecule has 3 aromatic rings. The zero-order chi connectivity index (χ0) is 21.6. The monoisotopic (exact) mass is 419 g/mol. The van der Waals surface area contributed by atoms with Gasteiger partial charge in [0.2, 0.25) is 0 Å². The number of imidazole rings is 1. The van der Waals surface area contributed by atoms with Crippen molar-refractivity contribution in [1.29, 1.82) is 0 Å². The molecule has 2 aromatic heterocycles. The Morgan fingerprint density at radius 3 is 2.65 bits per heavy atom. The summed E-state index contributed by atoms with van der Waals surface area (Å²) >= 11 is 0. The second-order valence-electron chi connectivity index (χ2n) is 8.17. The van der Waals surface area contributed by atoms with Crippen LogP contribution in [0.2, 0.25) is 0 Å². The predicted molar refractivity (Wildman–Crippen MR) is 121 cm³/mol. The number of nitrogens with zero attached hydrogens (tertiary/aromatic N) is 4. The van der Waals surface area contributed by atoms with E-state index in [-0.39, 0.29) is 6.54 Å². The van der Waals surface area contributed by atoms with Gasteiger partial charge in [-0.05, 0) is 36.3 Å². The minimum absolute atomic E-state index is 0.184. The van der Waals surface area contributed by atoms with Gasteiger partial charge < -0.3 is 15.0 Å². The summed E-state index contributed by atoms with van der Waals surface area (Å²) in [6.45, 7) is 4.09. The van der Waals surface area contributed by atoms with Crippen LogP contribution >= 0.6 is 0 Å². The van der Waals surface area contributed by atoms with Crippen LogP contribution in [0.3, 0.4) is 0 Å². The minimum Gasteiger partial charge on any atom is -0.480 e. The number of carbonyl (C=O) groups is 1. The minimum atomic E-state index is -0.932. The first-order valence-electron chi connectivity index (χ1n) is 11.0. The zero-order valence-corrected chi connectivity index (χ0v) is 17.8. The van der Waals surface area contributed by atoms with Gasteiger partial charge in [-0.25, -0.2) is 15.0 Å². The van der Waals surface area contributed by atoms with Gasteiger partial charge in [-0.3, -0.25) is 4.79 Å². The standard InChI is InChI=1S/C24H29N5O2/c1-2-14-25-23-22-24(29(16-26-22)15-21(30)31)28-20(27-23)13-10-17-8-11-19(12-9-17)18-6-4-3-5-7-18/h2,8-9,11-12,16,18H,1,3-7,10,13-15H2,(H,30,31)(H,25,27,28). The van der Waals surface area contributed by atoms with Crippen LogP contribution in [0.5, 0.6) is 0 Å². The lowest BCUT2D eigenvalue weighted by Gasteiger charge is -2.22. The molecule has 0 saturated heterocycles. The van der Waals surface area contributed by atoms with Gasteiger partial charge in [0.15, 0.2) is 11.5 Å². The first-order chi connectivity index (χ1) is 15.1. The zero-order valence-electron chi connectivity index (χ0n) is 17.8. The summed E-state index contributed by atoms with van der Waals surface area (Å²) in [7, 11) is 0. The number of carboxylic acid groups (broad SMARTS) is 1. The van der Waals surface area contributed by atoms with Crippen LogP contribution in [0.25, 0.3) is 11.2 Å². The molecule has 7 heteroatoms. The van der Waals surface area contributed by atoms with E-state index in [1.54, 1.807) is 10.6 Å². The maximum absolute atomic E-state index is 11.2. The molecule has 2 heterocycles. The number of hydrogen-bond donors (Lipinski definition) is 2. The van der Waals surface area contributed by atoms with Crippen LogP contribution in [-0.2, 0) is 24.2 Å². The van der Waals surface area contributed by atoms with Gasteiger partial charge >= 0.3 is 5.97 Å². The number of carboxylic acids is 1. The Balaban J connectivity index is 1.51. The smallest absolute Gasteiger partial charge is 0.323 e. The van der Waals surface area contributed by atoms with Crippen molar-refractivity contribution in [2.45, 2.75) is 57.4 Å². The normalized spacial score (nSPS) is 14.6. The number of anilines is 1. The molecule has 0 amide bonds. The van der Waals surface area contributed by atoms with Gasteiger partial charge in [0.05, 0.1) is 6.33 Å². The highest BCUT2D eigenvalue weighted by molar-refractivity contribution is 5.84. The van der Waals surface area contributed by atoms with Crippen LogP contribution < -0.4 is 5.32 Å². The molecule has 162 valence electrons. The molecule has 1 aliphatic carbocycles. The largest absolute Gasteiger partial charge is 0.480 e. The van der Waals surface area contributed by atoms with Crippen molar-refractivity contribution in [2.24, 2.45) is 0 Å². The van der Waals surface area contributed by atoms with Crippen LogP contribution in [0.15, 0.2) is 43.2 Å². The van der Waals surface area contributed by atoms with Crippen molar-refractivity contribution in [3.05, 3.63) is 60.2 Å². The van der Waals surface area contributed by atoms with E-state index in [1.807, 2.05) is 0 Å². The summed E-state index contributed by atoms with van der Waals surface area (Å²) in [5, 5.41) is 12.4. The van der Waals surface area contributed by atoms with E-state index in [2.05, 4.69) is 51.1 Å². The summed E-state index contributed by atoms with van der Waals surface area (Å²) in [5.41, 5.74) is 3.81. The van der Waals surface area contributed by atoms with Crippen LogP contribution in [0, 0.1) is 0 Å². The Bertz CT molecular complexity index is 1050. The molecule has 2 N–H and O–H groups in total. The number of aryl methyl sites for hydroxylation is 2. The summed E-state index contributed by atoms with van der Waals surface area (Å²) in [4.78, 5) is 24.8. The molecule has 0 spiro atoms. The van der Waals surface area contributed by atoms with E-state index in [9.17, 15) is 9.90 Å². The van der Waals surface area contributed by atoms with Gasteiger partial charge in [0, 0.05) is 13.0 Å². The van der Waals surface area contributed by atoms with Crippen molar-refractivity contribution >= 4 is 23.0 Å². The third kappa shape index (κ3) is 5.10. The molecule has 4 rings (SSSR count). The quantitative estimate of drug-likeness (QED) is 0.501. The van der Waals surface area contributed by atoms with E-state index in [0.717, 1.165) is 6.42 Å². The number of aromatic nitrogens is 4. The Morgan fingerprint density at radius 2 is 1.94 bits per heavy atom. The summed E-state index contributed by atoms with van der Waals surface area (Å²) in [6, 6.07) is 8.98. The molecule has 31 heavy (non-hydrogen) atoms. The Morgan fingerprint density at radius 1 is 1.16 bits per heavy atom. The van der Waals surface area contributed by atoms with E-state index in [1.165, 1.54) is 49.6 Å². The number of fused-ring (bicyclic) bond motifs is 1. The van der Waals surface area contributed by atoms with Gasteiger partial charge in [-0.15, -0.1) is 6.58 Å². The second kappa shape index (κ2) is 9.73. The number of aliphatic carboxylic acids is 1. The lowest BCUT2D eigenvalue weighted by molar-refractivity contribution is -0.137. The fraction of sp³-hybridized carbons (Fsp3) is 0.417. The molecular formula is C24H29N5O2. The second-order valence-corrected chi connectivity index (χ2v) is 8.17. The van der Waals surface area contributed by atoms with E-state index >= 15 is 0 Å². The average molecular weight is 420 g/mol.